The molecule has 28 heavy (non-hydrogen) atoms. The van der Waals surface area contributed by atoms with Gasteiger partial charge < -0.3 is 20.0 Å². The lowest BCUT2D eigenvalue weighted by Gasteiger charge is -2.39. The van der Waals surface area contributed by atoms with Crippen LogP contribution in [0.4, 0.5) is 5.69 Å². The van der Waals surface area contributed by atoms with Crippen LogP contribution in [0.5, 0.6) is 0 Å². The molecule has 3 rings (SSSR count). The molecule has 0 aliphatic carbocycles. The number of fused-ring (bicyclic) bond motifs is 2. The fraction of sp³-hybridized carbons (Fsp3) is 0.636. The number of hydrogen-bond acceptors (Lipinski definition) is 4. The average Bonchev–Trinajstić information content (AvgIpc) is 2.85. The van der Waals surface area contributed by atoms with Gasteiger partial charge in [-0.3, -0.25) is 9.59 Å². The number of benzene rings is 1. The monoisotopic (exact) mass is 386 g/mol. The predicted octanol–water partition coefficient (Wildman–Crippen LogP) is 1.94. The molecule has 0 radical (unpaired) electrons. The number of carbonyl (C=O) groups is 2. The van der Waals surface area contributed by atoms with Crippen LogP contribution in [0.2, 0.25) is 0 Å². The highest BCUT2D eigenvalue weighted by Crippen LogP contribution is 2.47. The van der Waals surface area contributed by atoms with Gasteiger partial charge in [0.05, 0.1) is 5.41 Å². The maximum Gasteiger partial charge on any atom is 0.251 e. The van der Waals surface area contributed by atoms with Crippen LogP contribution in [0.25, 0.3) is 0 Å². The third-order valence-corrected chi connectivity index (χ3v) is 6.03. The van der Waals surface area contributed by atoms with Gasteiger partial charge in [-0.15, -0.1) is 0 Å². The van der Waals surface area contributed by atoms with Gasteiger partial charge in [0.2, 0.25) is 5.91 Å². The van der Waals surface area contributed by atoms with E-state index in [1.165, 1.54) is 0 Å². The molecule has 2 aliphatic rings. The number of hydrogen-bond donors (Lipinski definition) is 1. The number of amides is 2. The summed E-state index contributed by atoms with van der Waals surface area (Å²) >= 11 is 0. The van der Waals surface area contributed by atoms with Crippen molar-refractivity contribution in [1.82, 2.24) is 15.1 Å². The number of likely N-dealkylation sites (tertiary alicyclic amines) is 1. The summed E-state index contributed by atoms with van der Waals surface area (Å²) < 4.78 is 0. The maximum absolute atomic E-state index is 13.2. The summed E-state index contributed by atoms with van der Waals surface area (Å²) in [6.45, 7) is 8.80. The molecule has 1 aromatic carbocycles. The van der Waals surface area contributed by atoms with Crippen molar-refractivity contribution in [2.75, 3.05) is 58.8 Å². The first-order valence-corrected chi connectivity index (χ1v) is 10.3. The van der Waals surface area contributed by atoms with Crippen LogP contribution in [-0.2, 0) is 10.2 Å². The van der Waals surface area contributed by atoms with Crippen molar-refractivity contribution in [3.05, 3.63) is 29.3 Å². The zero-order chi connectivity index (χ0) is 20.5. The predicted molar refractivity (Wildman–Crippen MR) is 113 cm³/mol. The zero-order valence-corrected chi connectivity index (χ0v) is 17.9. The first kappa shape index (κ1) is 20.8. The average molecular weight is 387 g/mol. The molecule has 154 valence electrons. The molecule has 1 saturated heterocycles. The Morgan fingerprint density at radius 2 is 1.93 bits per heavy atom. The molecule has 6 heteroatoms. The molecule has 0 unspecified atom stereocenters. The van der Waals surface area contributed by atoms with Gasteiger partial charge in [-0.05, 0) is 69.7 Å². The number of carbonyl (C=O) groups excluding carboxylic acids is 2. The van der Waals surface area contributed by atoms with E-state index >= 15 is 0 Å². The van der Waals surface area contributed by atoms with Crippen LogP contribution < -0.4 is 10.2 Å². The van der Waals surface area contributed by atoms with Gasteiger partial charge in [-0.25, -0.2) is 0 Å². The molecule has 1 aromatic rings. The van der Waals surface area contributed by atoms with Gasteiger partial charge in [0.25, 0.3) is 5.91 Å². The van der Waals surface area contributed by atoms with Crippen LogP contribution in [0.1, 0.15) is 42.6 Å². The van der Waals surface area contributed by atoms with Crippen molar-refractivity contribution in [2.45, 2.75) is 32.1 Å². The van der Waals surface area contributed by atoms with Crippen molar-refractivity contribution in [2.24, 2.45) is 5.92 Å². The van der Waals surface area contributed by atoms with E-state index in [4.69, 9.17) is 0 Å². The lowest BCUT2D eigenvalue weighted by molar-refractivity contribution is -0.124. The molecule has 0 aromatic heterocycles. The largest absolute Gasteiger partial charge is 0.351 e. The van der Waals surface area contributed by atoms with Crippen LogP contribution in [0.15, 0.2) is 18.2 Å². The minimum absolute atomic E-state index is 0.0703. The fourth-order valence-corrected chi connectivity index (χ4v) is 4.51. The summed E-state index contributed by atoms with van der Waals surface area (Å²) in [6, 6.07) is 5.73. The summed E-state index contributed by atoms with van der Waals surface area (Å²) in [5.41, 5.74) is 2.15. The minimum atomic E-state index is -0.475. The number of rotatable bonds is 6. The van der Waals surface area contributed by atoms with Gasteiger partial charge in [0, 0.05) is 37.9 Å². The highest BCUT2D eigenvalue weighted by Gasteiger charge is 2.51. The quantitative estimate of drug-likeness (QED) is 0.812. The van der Waals surface area contributed by atoms with Gasteiger partial charge in [-0.2, -0.15) is 0 Å². The van der Waals surface area contributed by atoms with E-state index in [-0.39, 0.29) is 11.8 Å². The maximum atomic E-state index is 13.2. The van der Waals surface area contributed by atoms with E-state index in [0.29, 0.717) is 18.0 Å². The number of anilines is 1. The number of nitrogens with zero attached hydrogens (tertiary/aromatic N) is 3. The molecule has 1 fully saturated rings. The summed E-state index contributed by atoms with van der Waals surface area (Å²) in [6.07, 6.45) is 1.64. The SMILES string of the molecule is CC(C)CN1CCC2(CC1)C(=O)N(C)c1ccc(C(=O)NCCN(C)C)cc12. The van der Waals surface area contributed by atoms with E-state index in [9.17, 15) is 9.59 Å². The summed E-state index contributed by atoms with van der Waals surface area (Å²) in [7, 11) is 5.82. The highest BCUT2D eigenvalue weighted by atomic mass is 16.2. The Bertz CT molecular complexity index is 736. The third kappa shape index (κ3) is 3.94. The second kappa shape index (κ2) is 8.21. The number of piperidine rings is 1. The first-order chi connectivity index (χ1) is 13.2. The molecule has 1 N–H and O–H groups in total. The van der Waals surface area contributed by atoms with Gasteiger partial charge >= 0.3 is 0 Å². The van der Waals surface area contributed by atoms with E-state index in [0.717, 1.165) is 50.3 Å². The Balaban J connectivity index is 1.81. The molecule has 1 spiro atoms. The second-order valence-corrected chi connectivity index (χ2v) is 8.93. The van der Waals surface area contributed by atoms with Crippen LogP contribution >= 0.6 is 0 Å². The van der Waals surface area contributed by atoms with E-state index in [1.807, 2.05) is 44.2 Å². The molecule has 0 saturated carbocycles. The molecular weight excluding hydrogens is 352 g/mol. The Hall–Kier alpha value is -1.92. The van der Waals surface area contributed by atoms with Crippen molar-refractivity contribution in [3.8, 4) is 0 Å². The molecule has 2 amide bonds. The Morgan fingerprint density at radius 1 is 1.25 bits per heavy atom. The molecular formula is C22H34N4O2. The summed E-state index contributed by atoms with van der Waals surface area (Å²) in [4.78, 5) is 32.1. The number of likely N-dealkylation sites (N-methyl/N-ethyl adjacent to an activating group) is 2. The molecule has 6 nitrogen and oxygen atoms in total. The third-order valence-electron chi connectivity index (χ3n) is 6.03. The van der Waals surface area contributed by atoms with Crippen LogP contribution in [0, 0.1) is 5.92 Å². The van der Waals surface area contributed by atoms with E-state index in [2.05, 4.69) is 24.1 Å². The molecule has 2 heterocycles. The summed E-state index contributed by atoms with van der Waals surface area (Å²) in [5, 5.41) is 2.98. The van der Waals surface area contributed by atoms with Crippen molar-refractivity contribution < 1.29 is 9.59 Å². The lowest BCUT2D eigenvalue weighted by atomic mass is 9.73. The van der Waals surface area contributed by atoms with Gasteiger partial charge in [-0.1, -0.05) is 13.8 Å². The van der Waals surface area contributed by atoms with E-state index < -0.39 is 5.41 Å². The second-order valence-electron chi connectivity index (χ2n) is 8.93. The Morgan fingerprint density at radius 3 is 2.54 bits per heavy atom. The van der Waals surface area contributed by atoms with Gasteiger partial charge in [0.1, 0.15) is 0 Å². The molecule has 2 aliphatic heterocycles. The standard InChI is InChI=1S/C22H34N4O2/c1-16(2)15-26-11-8-22(9-12-26)18-14-17(20(27)23-10-13-24(3)4)6-7-19(18)25(5)21(22)28/h6-7,14,16H,8-13,15H2,1-5H3,(H,23,27). The van der Waals surface area contributed by atoms with Gasteiger partial charge in [0.15, 0.2) is 0 Å². The number of nitrogens with one attached hydrogen (secondary N) is 1. The van der Waals surface area contributed by atoms with Crippen LogP contribution in [0.3, 0.4) is 0 Å². The van der Waals surface area contributed by atoms with Crippen molar-refractivity contribution >= 4 is 17.5 Å². The lowest BCUT2D eigenvalue weighted by Crippen LogP contribution is -2.48. The van der Waals surface area contributed by atoms with Crippen LogP contribution in [-0.4, -0.2) is 75.5 Å². The van der Waals surface area contributed by atoms with Crippen molar-refractivity contribution in [3.63, 3.8) is 0 Å². The molecule has 0 atom stereocenters. The Labute approximate surface area is 168 Å². The zero-order valence-electron chi connectivity index (χ0n) is 17.9. The van der Waals surface area contributed by atoms with Crippen molar-refractivity contribution in [1.29, 1.82) is 0 Å². The molecule has 0 bridgehead atoms. The minimum Gasteiger partial charge on any atom is -0.351 e. The normalized spacial score (nSPS) is 19.0. The topological polar surface area (TPSA) is 55.9 Å². The smallest absolute Gasteiger partial charge is 0.251 e. The highest BCUT2D eigenvalue weighted by molar-refractivity contribution is 6.09. The first-order valence-electron chi connectivity index (χ1n) is 10.3. The Kier molecular flexibility index (Phi) is 6.10. The fourth-order valence-electron chi connectivity index (χ4n) is 4.51. The summed E-state index contributed by atoms with van der Waals surface area (Å²) in [5.74, 6) is 0.733. The van der Waals surface area contributed by atoms with E-state index in [1.54, 1.807) is 4.90 Å².